The Morgan fingerprint density at radius 3 is 2.27 bits per heavy atom. The molecule has 0 spiro atoms. The predicted molar refractivity (Wildman–Crippen MR) is 103 cm³/mol. The molecule has 154 valence electrons. The predicted octanol–water partition coefficient (Wildman–Crippen LogP) is -0.107. The van der Waals surface area contributed by atoms with Gasteiger partial charge in [-0.15, -0.1) is 0 Å². The molecule has 0 aliphatic rings. The monoisotopic (exact) mass is 496 g/mol. The smallest absolute Gasteiger partial charge is 0.744 e. The van der Waals surface area contributed by atoms with Crippen LogP contribution >= 0.6 is 11.6 Å². The van der Waals surface area contributed by atoms with Crippen molar-refractivity contribution in [3.8, 4) is 11.5 Å². The first kappa shape index (κ1) is 25.3. The Balaban J connectivity index is 0.00000320. The first-order chi connectivity index (χ1) is 13.5. The number of primary sulfonamides is 1. The van der Waals surface area contributed by atoms with E-state index in [9.17, 15) is 21.4 Å². The Bertz CT molecular complexity index is 1230. The van der Waals surface area contributed by atoms with Crippen LogP contribution in [-0.2, 0) is 26.7 Å². The molecule has 13 heteroatoms. The maximum atomic E-state index is 12.0. The van der Waals surface area contributed by atoms with Gasteiger partial charge < -0.3 is 19.0 Å². The second-order valence-electron chi connectivity index (χ2n) is 5.78. The second kappa shape index (κ2) is 10.1. The molecule has 3 aromatic rings. The van der Waals surface area contributed by atoms with Gasteiger partial charge in [-0.1, -0.05) is 11.6 Å². The molecule has 0 amide bonds. The van der Waals surface area contributed by atoms with Crippen LogP contribution in [0.3, 0.4) is 0 Å². The number of rotatable bonds is 7. The zero-order chi connectivity index (χ0) is 21.2. The average Bonchev–Trinajstić information content (AvgIpc) is 3.13. The SMILES string of the molecule is NS(=O)(=O)c1cc(S(=O)(=O)[O-])c(NCc2ccco2)cc1Oc1ccc(Cl)cc1.[K+]. The molecule has 3 rings (SSSR count). The molecule has 1 aromatic heterocycles. The minimum absolute atomic E-state index is 0. The van der Waals surface area contributed by atoms with Crippen molar-refractivity contribution in [1.82, 2.24) is 0 Å². The summed E-state index contributed by atoms with van der Waals surface area (Å²) in [4.78, 5) is -1.46. The first-order valence-corrected chi connectivity index (χ1v) is 11.2. The van der Waals surface area contributed by atoms with Crippen molar-refractivity contribution in [3.05, 3.63) is 65.6 Å². The minimum Gasteiger partial charge on any atom is -0.744 e. The van der Waals surface area contributed by atoms with E-state index in [4.69, 9.17) is 25.9 Å². The maximum Gasteiger partial charge on any atom is 1.00 e. The number of nitrogens with one attached hydrogen (secondary N) is 1. The van der Waals surface area contributed by atoms with E-state index in [-0.39, 0.29) is 75.1 Å². The molecule has 0 atom stereocenters. The Morgan fingerprint density at radius 1 is 1.07 bits per heavy atom. The normalized spacial score (nSPS) is 11.6. The minimum atomic E-state index is -5.04. The van der Waals surface area contributed by atoms with E-state index in [0.717, 1.165) is 6.07 Å². The van der Waals surface area contributed by atoms with Gasteiger partial charge in [0.15, 0.2) is 0 Å². The van der Waals surface area contributed by atoms with Crippen LogP contribution in [0.1, 0.15) is 5.76 Å². The number of hydrogen-bond donors (Lipinski definition) is 2. The van der Waals surface area contributed by atoms with Crippen molar-refractivity contribution < 1.29 is 81.9 Å². The molecule has 3 N–H and O–H groups in total. The standard InChI is InChI=1S/C17H15ClN2O7S2.K/c18-11-3-5-12(6-4-11)27-15-8-14(20-10-13-2-1-7-26-13)16(29(23,24)25)9-17(15)28(19,21)22;/h1-9,20H,10H2,(H2,19,21,22)(H,23,24,25);/q;+1/p-1. The molecule has 0 aliphatic heterocycles. The fraction of sp³-hybridized carbons (Fsp3) is 0.0588. The molecule has 9 nitrogen and oxygen atoms in total. The molecule has 0 fully saturated rings. The summed E-state index contributed by atoms with van der Waals surface area (Å²) in [6.45, 7) is 0.0324. The van der Waals surface area contributed by atoms with Crippen LogP contribution in [0, 0.1) is 0 Å². The molecule has 0 aliphatic carbocycles. The number of sulfonamides is 1. The van der Waals surface area contributed by atoms with Gasteiger partial charge in [-0.2, -0.15) is 0 Å². The van der Waals surface area contributed by atoms with Gasteiger partial charge in [0.25, 0.3) is 0 Å². The number of anilines is 1. The van der Waals surface area contributed by atoms with Crippen molar-refractivity contribution in [2.45, 2.75) is 16.3 Å². The van der Waals surface area contributed by atoms with Gasteiger partial charge in [0, 0.05) is 11.1 Å². The molecule has 1 heterocycles. The summed E-state index contributed by atoms with van der Waals surface area (Å²) in [7, 11) is -9.46. The quantitative estimate of drug-likeness (QED) is 0.339. The van der Waals surface area contributed by atoms with E-state index in [2.05, 4.69) is 5.32 Å². The van der Waals surface area contributed by atoms with Gasteiger partial charge in [-0.25, -0.2) is 22.0 Å². The van der Waals surface area contributed by atoms with Gasteiger partial charge in [0.2, 0.25) is 10.0 Å². The third-order valence-electron chi connectivity index (χ3n) is 3.70. The Kier molecular flexibility index (Phi) is 8.55. The van der Waals surface area contributed by atoms with E-state index in [1.54, 1.807) is 12.1 Å². The van der Waals surface area contributed by atoms with Crippen molar-refractivity contribution in [2.24, 2.45) is 5.14 Å². The Hall–Kier alpha value is -0.934. The van der Waals surface area contributed by atoms with Crippen LogP contribution in [0.2, 0.25) is 5.02 Å². The fourth-order valence-corrected chi connectivity index (χ4v) is 3.94. The Labute approximate surface area is 220 Å². The summed E-state index contributed by atoms with van der Waals surface area (Å²) in [6, 6.07) is 11.0. The van der Waals surface area contributed by atoms with Crippen molar-refractivity contribution in [1.29, 1.82) is 0 Å². The zero-order valence-corrected chi connectivity index (χ0v) is 21.0. The van der Waals surface area contributed by atoms with E-state index >= 15 is 0 Å². The number of nitrogens with two attached hydrogens (primary N) is 1. The van der Waals surface area contributed by atoms with Gasteiger partial charge in [-0.3, -0.25) is 0 Å². The van der Waals surface area contributed by atoms with Crippen molar-refractivity contribution in [3.63, 3.8) is 0 Å². The van der Waals surface area contributed by atoms with Crippen LogP contribution in [0.25, 0.3) is 0 Å². The average molecular weight is 497 g/mol. The van der Waals surface area contributed by atoms with E-state index < -0.39 is 29.9 Å². The number of benzene rings is 2. The van der Waals surface area contributed by atoms with Crippen LogP contribution in [0.15, 0.2) is 69.0 Å². The van der Waals surface area contributed by atoms with Crippen LogP contribution < -0.4 is 66.6 Å². The first-order valence-electron chi connectivity index (χ1n) is 7.90. The van der Waals surface area contributed by atoms with Crippen molar-refractivity contribution in [2.75, 3.05) is 5.32 Å². The van der Waals surface area contributed by atoms with Crippen LogP contribution in [0.4, 0.5) is 5.69 Å². The molecule has 0 saturated heterocycles. The van der Waals surface area contributed by atoms with E-state index in [0.29, 0.717) is 16.8 Å². The number of ether oxygens (including phenoxy) is 1. The fourth-order valence-electron chi connectivity index (χ4n) is 2.41. The van der Waals surface area contributed by atoms with Gasteiger partial charge in [-0.05, 0) is 42.5 Å². The molecular weight excluding hydrogens is 483 g/mol. The van der Waals surface area contributed by atoms with E-state index in [1.165, 1.54) is 30.5 Å². The zero-order valence-electron chi connectivity index (χ0n) is 15.5. The summed E-state index contributed by atoms with van der Waals surface area (Å²) in [5, 5.41) is 8.34. The third-order valence-corrected chi connectivity index (χ3v) is 5.76. The van der Waals surface area contributed by atoms with Crippen LogP contribution in [0.5, 0.6) is 11.5 Å². The second-order valence-corrected chi connectivity index (χ2v) is 9.10. The summed E-state index contributed by atoms with van der Waals surface area (Å²) in [5.74, 6) is 0.396. The molecule has 0 radical (unpaired) electrons. The van der Waals surface area contributed by atoms with E-state index in [1.807, 2.05) is 0 Å². The van der Waals surface area contributed by atoms with Crippen LogP contribution in [-0.4, -0.2) is 21.4 Å². The topological polar surface area (TPSA) is 152 Å². The number of halogens is 1. The van der Waals surface area contributed by atoms with Gasteiger partial charge in [0.1, 0.15) is 32.3 Å². The summed E-state index contributed by atoms with van der Waals surface area (Å²) in [5.41, 5.74) is -0.173. The largest absolute Gasteiger partial charge is 1.00 e. The summed E-state index contributed by atoms with van der Waals surface area (Å²) < 4.78 is 69.7. The van der Waals surface area contributed by atoms with Gasteiger partial charge >= 0.3 is 51.4 Å². The maximum absolute atomic E-state index is 12.0. The third kappa shape index (κ3) is 6.53. The molecule has 0 saturated carbocycles. The molecule has 30 heavy (non-hydrogen) atoms. The summed E-state index contributed by atoms with van der Waals surface area (Å²) >= 11 is 5.81. The number of furan rings is 1. The van der Waals surface area contributed by atoms with Crippen molar-refractivity contribution >= 4 is 37.4 Å². The summed E-state index contributed by atoms with van der Waals surface area (Å²) in [6.07, 6.45) is 1.42. The molecular formula is C17H14ClKN2O7S2. The molecule has 0 bridgehead atoms. The number of hydrogen-bond acceptors (Lipinski definition) is 8. The van der Waals surface area contributed by atoms with Gasteiger partial charge in [0.05, 0.1) is 23.4 Å². The Morgan fingerprint density at radius 2 is 1.73 bits per heavy atom. The molecule has 0 unspecified atom stereocenters. The molecule has 2 aromatic carbocycles.